The van der Waals surface area contributed by atoms with E-state index in [9.17, 15) is 0 Å². The van der Waals surface area contributed by atoms with Gasteiger partial charge < -0.3 is 14.8 Å². The number of anilines is 1. The highest BCUT2D eigenvalue weighted by Crippen LogP contribution is 2.25. The van der Waals surface area contributed by atoms with Gasteiger partial charge >= 0.3 is 0 Å². The minimum Gasteiger partial charge on any atom is -0.497 e. The molecule has 0 aromatic heterocycles. The first-order valence-electron chi connectivity index (χ1n) is 6.96. The lowest BCUT2D eigenvalue weighted by atomic mass is 9.99. The summed E-state index contributed by atoms with van der Waals surface area (Å²) in [7, 11) is 1.67. The molecule has 2 aromatic carbocycles. The van der Waals surface area contributed by atoms with E-state index in [0.29, 0.717) is 12.6 Å². The van der Waals surface area contributed by atoms with E-state index in [2.05, 4.69) is 29.6 Å². The van der Waals surface area contributed by atoms with Crippen LogP contribution in [0.25, 0.3) is 0 Å². The maximum absolute atomic E-state index is 5.84. The molecule has 1 atom stereocenters. The molecule has 0 fully saturated rings. The Balaban J connectivity index is 1.57. The zero-order valence-corrected chi connectivity index (χ0v) is 11.6. The van der Waals surface area contributed by atoms with Crippen molar-refractivity contribution in [1.82, 2.24) is 0 Å². The number of fused-ring (bicyclic) bond motifs is 1. The molecule has 3 heteroatoms. The second-order valence-electron chi connectivity index (χ2n) is 5.02. The van der Waals surface area contributed by atoms with Gasteiger partial charge in [0.25, 0.3) is 0 Å². The molecule has 1 N–H and O–H groups in total. The average Bonchev–Trinajstić information content (AvgIpc) is 2.53. The quantitative estimate of drug-likeness (QED) is 0.921. The third kappa shape index (κ3) is 2.87. The van der Waals surface area contributed by atoms with Crippen LogP contribution < -0.4 is 14.8 Å². The number of nitrogens with one attached hydrogen (secondary N) is 1. The molecule has 0 saturated heterocycles. The number of methoxy groups -OCH3 is 1. The van der Waals surface area contributed by atoms with Crippen molar-refractivity contribution in [3.05, 3.63) is 54.1 Å². The molecule has 1 aliphatic rings. The van der Waals surface area contributed by atoms with Crippen LogP contribution >= 0.6 is 0 Å². The summed E-state index contributed by atoms with van der Waals surface area (Å²) in [5, 5.41) is 3.54. The van der Waals surface area contributed by atoms with Gasteiger partial charge in [-0.15, -0.1) is 0 Å². The summed E-state index contributed by atoms with van der Waals surface area (Å²) in [6.07, 6.45) is 2.22. The van der Waals surface area contributed by atoms with Crippen LogP contribution in [0.15, 0.2) is 48.5 Å². The van der Waals surface area contributed by atoms with E-state index in [1.165, 1.54) is 11.3 Å². The van der Waals surface area contributed by atoms with Crippen molar-refractivity contribution in [3.63, 3.8) is 0 Å². The van der Waals surface area contributed by atoms with Gasteiger partial charge in [0.2, 0.25) is 0 Å². The highest BCUT2D eigenvalue weighted by atomic mass is 16.5. The summed E-state index contributed by atoms with van der Waals surface area (Å²) in [5.74, 6) is 1.73. The van der Waals surface area contributed by atoms with Crippen LogP contribution in [-0.4, -0.2) is 19.8 Å². The second kappa shape index (κ2) is 5.87. The number of hydrogen-bond acceptors (Lipinski definition) is 3. The van der Waals surface area contributed by atoms with Crippen LogP contribution in [0, 0.1) is 0 Å². The number of para-hydroxylation sites is 1. The molecule has 2 aromatic rings. The molecule has 20 heavy (non-hydrogen) atoms. The van der Waals surface area contributed by atoms with Crippen molar-refractivity contribution in [2.45, 2.75) is 18.9 Å². The van der Waals surface area contributed by atoms with E-state index in [4.69, 9.17) is 9.47 Å². The highest BCUT2D eigenvalue weighted by molar-refractivity contribution is 5.53. The van der Waals surface area contributed by atoms with Crippen LogP contribution in [0.2, 0.25) is 0 Å². The van der Waals surface area contributed by atoms with E-state index in [1.54, 1.807) is 7.11 Å². The topological polar surface area (TPSA) is 30.5 Å². The smallest absolute Gasteiger partial charge is 0.119 e. The Morgan fingerprint density at radius 3 is 2.60 bits per heavy atom. The lowest BCUT2D eigenvalue weighted by molar-refractivity contribution is 0.288. The number of hydrogen-bond donors (Lipinski definition) is 1. The molecule has 0 amide bonds. The van der Waals surface area contributed by atoms with Gasteiger partial charge in [0.05, 0.1) is 13.2 Å². The normalized spacial score (nSPS) is 16.9. The molecule has 0 spiro atoms. The summed E-state index contributed by atoms with van der Waals surface area (Å²) in [5.41, 5.74) is 2.63. The molecule has 0 bridgehead atoms. The lowest BCUT2D eigenvalue weighted by Gasteiger charge is -2.27. The Morgan fingerprint density at radius 2 is 1.80 bits per heavy atom. The first kappa shape index (κ1) is 12.9. The fraction of sp³-hybridized carbons (Fsp3) is 0.294. The Hall–Kier alpha value is -2.16. The molecule has 1 aliphatic heterocycles. The van der Waals surface area contributed by atoms with Gasteiger partial charge in [0.1, 0.15) is 18.1 Å². The predicted octanol–water partition coefficient (Wildman–Crippen LogP) is 3.50. The molecule has 104 valence electrons. The van der Waals surface area contributed by atoms with Crippen molar-refractivity contribution >= 4 is 5.69 Å². The third-order valence-electron chi connectivity index (χ3n) is 3.65. The van der Waals surface area contributed by atoms with Crippen LogP contribution in [0.1, 0.15) is 12.0 Å². The molecule has 3 nitrogen and oxygen atoms in total. The van der Waals surface area contributed by atoms with E-state index in [0.717, 1.165) is 24.3 Å². The van der Waals surface area contributed by atoms with Crippen LogP contribution in [0.5, 0.6) is 11.5 Å². The molecular formula is C17H19NO2. The highest BCUT2D eigenvalue weighted by Gasteiger charge is 2.17. The van der Waals surface area contributed by atoms with Gasteiger partial charge in [-0.1, -0.05) is 18.2 Å². The molecule has 0 saturated carbocycles. The summed E-state index contributed by atoms with van der Waals surface area (Å²) in [6.45, 7) is 0.681. The molecular weight excluding hydrogens is 250 g/mol. The fourth-order valence-electron chi connectivity index (χ4n) is 2.49. The summed E-state index contributed by atoms with van der Waals surface area (Å²) in [6, 6.07) is 16.6. The number of aryl methyl sites for hydroxylation is 1. The molecule has 0 radical (unpaired) electrons. The molecule has 1 heterocycles. The Kier molecular flexibility index (Phi) is 3.77. The monoisotopic (exact) mass is 269 g/mol. The first-order valence-corrected chi connectivity index (χ1v) is 6.96. The van der Waals surface area contributed by atoms with Crippen molar-refractivity contribution < 1.29 is 9.47 Å². The predicted molar refractivity (Wildman–Crippen MR) is 80.7 cm³/mol. The lowest BCUT2D eigenvalue weighted by Crippen LogP contribution is -2.31. The van der Waals surface area contributed by atoms with E-state index in [-0.39, 0.29) is 0 Å². The van der Waals surface area contributed by atoms with Gasteiger partial charge in [-0.2, -0.15) is 0 Å². The first-order chi connectivity index (χ1) is 9.85. The van der Waals surface area contributed by atoms with Crippen molar-refractivity contribution in [2.24, 2.45) is 0 Å². The second-order valence-corrected chi connectivity index (χ2v) is 5.02. The van der Waals surface area contributed by atoms with Crippen LogP contribution in [0.3, 0.4) is 0 Å². The van der Waals surface area contributed by atoms with Gasteiger partial charge in [-0.25, -0.2) is 0 Å². The largest absolute Gasteiger partial charge is 0.497 e. The molecule has 1 unspecified atom stereocenters. The van der Waals surface area contributed by atoms with Gasteiger partial charge in [-0.05, 0) is 48.7 Å². The molecule has 0 aliphatic carbocycles. The molecule has 3 rings (SSSR count). The minimum atomic E-state index is 0.368. The van der Waals surface area contributed by atoms with Gasteiger partial charge in [-0.3, -0.25) is 0 Å². The SMILES string of the molecule is COc1ccc(OCC2CCc3ccccc3N2)cc1. The Bertz CT molecular complexity index is 565. The minimum absolute atomic E-state index is 0.368. The number of benzene rings is 2. The zero-order valence-electron chi connectivity index (χ0n) is 11.6. The van der Waals surface area contributed by atoms with E-state index >= 15 is 0 Å². The van der Waals surface area contributed by atoms with Gasteiger partial charge in [0.15, 0.2) is 0 Å². The third-order valence-corrected chi connectivity index (χ3v) is 3.65. The number of ether oxygens (including phenoxy) is 2. The standard InChI is InChI=1S/C17H19NO2/c1-19-15-8-10-16(11-9-15)20-12-14-7-6-13-4-2-3-5-17(13)18-14/h2-5,8-11,14,18H,6-7,12H2,1H3. The zero-order chi connectivity index (χ0) is 13.8. The maximum Gasteiger partial charge on any atom is 0.119 e. The average molecular weight is 269 g/mol. The van der Waals surface area contributed by atoms with Crippen molar-refractivity contribution in [3.8, 4) is 11.5 Å². The van der Waals surface area contributed by atoms with Crippen LogP contribution in [0.4, 0.5) is 5.69 Å². The van der Waals surface area contributed by atoms with Crippen molar-refractivity contribution in [1.29, 1.82) is 0 Å². The summed E-state index contributed by atoms with van der Waals surface area (Å²) < 4.78 is 11.0. The van der Waals surface area contributed by atoms with Crippen molar-refractivity contribution in [2.75, 3.05) is 19.0 Å². The Morgan fingerprint density at radius 1 is 1.05 bits per heavy atom. The summed E-state index contributed by atoms with van der Waals surface area (Å²) in [4.78, 5) is 0. The number of rotatable bonds is 4. The fourth-order valence-corrected chi connectivity index (χ4v) is 2.49. The van der Waals surface area contributed by atoms with Crippen LogP contribution in [-0.2, 0) is 6.42 Å². The van der Waals surface area contributed by atoms with Gasteiger partial charge in [0, 0.05) is 5.69 Å². The Labute approximate surface area is 119 Å². The van der Waals surface area contributed by atoms with E-state index < -0.39 is 0 Å². The van der Waals surface area contributed by atoms with E-state index in [1.807, 2.05) is 24.3 Å². The maximum atomic E-state index is 5.84. The summed E-state index contributed by atoms with van der Waals surface area (Å²) >= 11 is 0.